The van der Waals surface area contributed by atoms with Crippen molar-refractivity contribution >= 4 is 0 Å². The molecule has 0 radical (unpaired) electrons. The molecule has 216 valence electrons. The van der Waals surface area contributed by atoms with Gasteiger partial charge < -0.3 is 0 Å². The molecule has 0 amide bonds. The van der Waals surface area contributed by atoms with Gasteiger partial charge in [0, 0.05) is 0 Å². The molecule has 1 rings (SSSR count). The molecular weight excluding hydrogens is 432 g/mol. The van der Waals surface area contributed by atoms with Crippen LogP contribution >= 0.6 is 0 Å². The molecule has 0 nitrogen and oxygen atoms in total. The topological polar surface area (TPSA) is 0 Å². The Labute approximate surface area is 231 Å². The van der Waals surface area contributed by atoms with Gasteiger partial charge in [0.2, 0.25) is 0 Å². The van der Waals surface area contributed by atoms with Crippen LogP contribution in [0.25, 0.3) is 0 Å². The first-order valence-corrected chi connectivity index (χ1v) is 17.4. The maximum atomic E-state index is 2.68. The van der Waals surface area contributed by atoms with E-state index >= 15 is 0 Å². The molecule has 0 bridgehead atoms. The van der Waals surface area contributed by atoms with E-state index in [1.807, 2.05) is 0 Å². The van der Waals surface area contributed by atoms with Gasteiger partial charge in [-0.2, -0.15) is 0 Å². The molecule has 1 fully saturated rings. The van der Waals surface area contributed by atoms with E-state index < -0.39 is 0 Å². The molecule has 1 saturated carbocycles. The molecule has 0 saturated heterocycles. The zero-order valence-corrected chi connectivity index (χ0v) is 26.7. The Morgan fingerprint density at radius 3 is 1.61 bits per heavy atom. The Hall–Kier alpha value is 0. The Morgan fingerprint density at radius 2 is 1.08 bits per heavy atom. The number of rotatable bonds is 26. The van der Waals surface area contributed by atoms with Crippen LogP contribution in [0.1, 0.15) is 196 Å². The summed E-state index contributed by atoms with van der Waals surface area (Å²) in [5.41, 5.74) is 0.633. The van der Waals surface area contributed by atoms with Crippen molar-refractivity contribution in [1.82, 2.24) is 0 Å². The maximum absolute atomic E-state index is 2.68. The summed E-state index contributed by atoms with van der Waals surface area (Å²) in [5, 5.41) is 0. The molecule has 5 atom stereocenters. The molecular formula is C36H72. The molecule has 36 heavy (non-hydrogen) atoms. The molecule has 0 N–H and O–H groups in total. The van der Waals surface area contributed by atoms with Crippen LogP contribution in [-0.2, 0) is 0 Å². The van der Waals surface area contributed by atoms with Gasteiger partial charge in [-0.3, -0.25) is 0 Å². The minimum atomic E-state index is 0.633. The van der Waals surface area contributed by atoms with Gasteiger partial charge in [-0.05, 0) is 60.7 Å². The van der Waals surface area contributed by atoms with Gasteiger partial charge in [-0.1, -0.05) is 170 Å². The van der Waals surface area contributed by atoms with Gasteiger partial charge in [-0.25, -0.2) is 0 Å². The molecule has 1 aliphatic carbocycles. The van der Waals surface area contributed by atoms with Crippen LogP contribution in [0.2, 0.25) is 0 Å². The second-order valence-electron chi connectivity index (χ2n) is 14.0. The van der Waals surface area contributed by atoms with Gasteiger partial charge in [0.15, 0.2) is 0 Å². The molecule has 0 aromatic heterocycles. The third-order valence-corrected chi connectivity index (χ3v) is 10.1. The van der Waals surface area contributed by atoms with Crippen LogP contribution in [0.4, 0.5) is 0 Å². The first-order chi connectivity index (χ1) is 17.4. The average molecular weight is 505 g/mol. The molecule has 5 unspecified atom stereocenters. The minimum Gasteiger partial charge on any atom is -0.0654 e. The van der Waals surface area contributed by atoms with Crippen LogP contribution in [-0.4, -0.2) is 0 Å². The zero-order valence-electron chi connectivity index (χ0n) is 26.7. The van der Waals surface area contributed by atoms with Gasteiger partial charge in [0.25, 0.3) is 0 Å². The second kappa shape index (κ2) is 20.9. The lowest BCUT2D eigenvalue weighted by atomic mass is 9.64. The van der Waals surface area contributed by atoms with Crippen molar-refractivity contribution in [3.05, 3.63) is 0 Å². The van der Waals surface area contributed by atoms with Crippen LogP contribution in [0.15, 0.2) is 0 Å². The van der Waals surface area contributed by atoms with Crippen LogP contribution in [0, 0.1) is 35.0 Å². The molecule has 0 heterocycles. The highest BCUT2D eigenvalue weighted by atomic mass is 14.5. The number of hydrogen-bond acceptors (Lipinski definition) is 0. The Balaban J connectivity index is 2.48. The summed E-state index contributed by atoms with van der Waals surface area (Å²) in [7, 11) is 0. The molecule has 0 spiro atoms. The summed E-state index contributed by atoms with van der Waals surface area (Å²) in [6, 6.07) is 0. The summed E-state index contributed by atoms with van der Waals surface area (Å²) >= 11 is 0. The fourth-order valence-corrected chi connectivity index (χ4v) is 7.41. The van der Waals surface area contributed by atoms with Crippen molar-refractivity contribution in [1.29, 1.82) is 0 Å². The fourth-order valence-electron chi connectivity index (χ4n) is 7.41. The SMILES string of the molecule is CCCCCCCCCCCCCCC(C)C(CCCC)(CCCC(C)C)CC1CC1C(C)CCC. The normalized spacial score (nSPS) is 21.0. The minimum absolute atomic E-state index is 0.633. The van der Waals surface area contributed by atoms with E-state index in [0.29, 0.717) is 5.41 Å². The standard InChI is InChI=1S/C36H72/c1-8-11-13-14-15-16-17-18-19-20-21-22-26-33(7)36(27-12-9-2,28-23-25-31(4)5)30-34-29-35(34)32(6)24-10-3/h31-35H,8-30H2,1-7H3. The van der Waals surface area contributed by atoms with Crippen LogP contribution < -0.4 is 0 Å². The van der Waals surface area contributed by atoms with Crippen molar-refractivity contribution in [2.45, 2.75) is 196 Å². The second-order valence-corrected chi connectivity index (χ2v) is 14.0. The molecule has 0 heteroatoms. The maximum Gasteiger partial charge on any atom is -0.0269 e. The predicted molar refractivity (Wildman–Crippen MR) is 166 cm³/mol. The first-order valence-electron chi connectivity index (χ1n) is 17.4. The smallest absolute Gasteiger partial charge is 0.0269 e. The zero-order chi connectivity index (χ0) is 26.7. The van der Waals surface area contributed by atoms with E-state index in [9.17, 15) is 0 Å². The summed E-state index contributed by atoms with van der Waals surface area (Å²) in [4.78, 5) is 0. The Bertz CT molecular complexity index is 478. The molecule has 0 aromatic carbocycles. The first kappa shape index (κ1) is 34.0. The van der Waals surface area contributed by atoms with Gasteiger partial charge in [-0.15, -0.1) is 0 Å². The van der Waals surface area contributed by atoms with Crippen molar-refractivity contribution < 1.29 is 0 Å². The van der Waals surface area contributed by atoms with Crippen LogP contribution in [0.3, 0.4) is 0 Å². The highest BCUT2D eigenvalue weighted by Gasteiger charge is 2.46. The average Bonchev–Trinajstić information content (AvgIpc) is 3.62. The van der Waals surface area contributed by atoms with Crippen LogP contribution in [0.5, 0.6) is 0 Å². The number of hydrogen-bond donors (Lipinski definition) is 0. The van der Waals surface area contributed by atoms with Gasteiger partial charge in [0.1, 0.15) is 0 Å². The van der Waals surface area contributed by atoms with E-state index in [0.717, 1.165) is 29.6 Å². The third kappa shape index (κ3) is 14.8. The van der Waals surface area contributed by atoms with E-state index in [1.54, 1.807) is 12.8 Å². The van der Waals surface area contributed by atoms with Gasteiger partial charge >= 0.3 is 0 Å². The van der Waals surface area contributed by atoms with E-state index in [4.69, 9.17) is 0 Å². The lowest BCUT2D eigenvalue weighted by Crippen LogP contribution is -2.31. The molecule has 0 aliphatic heterocycles. The fraction of sp³-hybridized carbons (Fsp3) is 1.00. The number of unbranched alkanes of at least 4 members (excludes halogenated alkanes) is 12. The van der Waals surface area contributed by atoms with Crippen molar-refractivity contribution in [3.63, 3.8) is 0 Å². The predicted octanol–water partition coefficient (Wildman–Crippen LogP) is 13.2. The Kier molecular flexibility index (Phi) is 19.8. The van der Waals surface area contributed by atoms with E-state index in [2.05, 4.69) is 48.5 Å². The lowest BCUT2D eigenvalue weighted by molar-refractivity contribution is 0.0946. The highest BCUT2D eigenvalue weighted by molar-refractivity contribution is 4.96. The molecule has 1 aliphatic rings. The lowest BCUT2D eigenvalue weighted by Gasteiger charge is -2.41. The summed E-state index contributed by atoms with van der Waals surface area (Å²) in [6.45, 7) is 17.2. The summed E-state index contributed by atoms with van der Waals surface area (Å²) in [6.07, 6.45) is 33.8. The van der Waals surface area contributed by atoms with Crippen molar-refractivity contribution in [2.75, 3.05) is 0 Å². The summed E-state index contributed by atoms with van der Waals surface area (Å²) in [5.74, 6) is 4.84. The van der Waals surface area contributed by atoms with E-state index in [1.165, 1.54) is 135 Å². The third-order valence-electron chi connectivity index (χ3n) is 10.1. The largest absolute Gasteiger partial charge is 0.0654 e. The van der Waals surface area contributed by atoms with E-state index in [-0.39, 0.29) is 0 Å². The van der Waals surface area contributed by atoms with Gasteiger partial charge in [0.05, 0.1) is 0 Å². The van der Waals surface area contributed by atoms with Crippen molar-refractivity contribution in [3.8, 4) is 0 Å². The quantitative estimate of drug-likeness (QED) is 0.103. The van der Waals surface area contributed by atoms with Crippen molar-refractivity contribution in [2.24, 2.45) is 35.0 Å². The monoisotopic (exact) mass is 505 g/mol. The Morgan fingerprint density at radius 1 is 0.556 bits per heavy atom. The highest BCUT2D eigenvalue weighted by Crippen LogP contribution is 2.56. The summed E-state index contributed by atoms with van der Waals surface area (Å²) < 4.78 is 0. The molecule has 0 aromatic rings.